The van der Waals surface area contributed by atoms with Gasteiger partial charge in [0.15, 0.2) is 0 Å². The second-order valence-corrected chi connectivity index (χ2v) is 18.7. The van der Waals surface area contributed by atoms with Crippen LogP contribution in [-0.4, -0.2) is 86.1 Å². The number of carboxylic acid groups (broad SMARTS) is 5. The highest BCUT2D eigenvalue weighted by Crippen LogP contribution is 2.52. The third kappa shape index (κ3) is 45.4. The molecule has 0 heterocycles. The van der Waals surface area contributed by atoms with Crippen LogP contribution in [0.15, 0.2) is 249 Å². The van der Waals surface area contributed by atoms with E-state index >= 15 is 0 Å². The molecule has 0 bridgehead atoms. The number of carbonyl (C=O) groups excluding carboxylic acids is 10. The first kappa shape index (κ1) is 93.6. The van der Waals surface area contributed by atoms with Crippen molar-refractivity contribution in [1.29, 1.82) is 0 Å². The van der Waals surface area contributed by atoms with Crippen molar-refractivity contribution in [2.45, 2.75) is 87.5 Å². The van der Waals surface area contributed by atoms with Gasteiger partial charge >= 0.3 is 42.7 Å². The zero-order chi connectivity index (χ0) is 70.2. The van der Waals surface area contributed by atoms with E-state index in [0.717, 1.165) is 33.6 Å². The molecule has 1 aliphatic rings. The van der Waals surface area contributed by atoms with E-state index in [-0.39, 0.29) is 63.9 Å². The van der Waals surface area contributed by atoms with Crippen LogP contribution in [0.5, 0.6) is 0 Å². The van der Waals surface area contributed by atoms with Crippen molar-refractivity contribution in [3.8, 4) is 11.1 Å². The fraction of sp³-hybridized carbons (Fsp3) is 0.173. The van der Waals surface area contributed by atoms with Gasteiger partial charge in [0.25, 0.3) is 17.9 Å². The second kappa shape index (κ2) is 57.9. The normalized spacial score (nSPS) is 10.7. The fourth-order valence-electron chi connectivity index (χ4n) is 8.27. The van der Waals surface area contributed by atoms with Crippen molar-refractivity contribution in [2.75, 3.05) is 0 Å². The van der Waals surface area contributed by atoms with Crippen LogP contribution in [0.4, 0.5) is 0 Å². The Hall–Kier alpha value is -12.5. The summed E-state index contributed by atoms with van der Waals surface area (Å²) in [4.78, 5) is 129. The lowest BCUT2D eigenvalue weighted by Crippen LogP contribution is -2.23. The Bertz CT molecular complexity index is 3450. The van der Waals surface area contributed by atoms with Gasteiger partial charge in [0.2, 0.25) is 0 Å². The first-order valence-corrected chi connectivity index (χ1v) is 26.7. The smallest absolute Gasteiger partial charge is 0.373 e. The molecule has 20 heteroatoms. The minimum atomic E-state index is -0.879. The van der Waals surface area contributed by atoms with Gasteiger partial charge in [-0.05, 0) is 92.2 Å². The van der Waals surface area contributed by atoms with E-state index in [1.165, 1.54) is 49.7 Å². The van der Waals surface area contributed by atoms with Gasteiger partial charge in [0.1, 0.15) is 0 Å². The molecule has 9 aromatic rings. The molecule has 0 fully saturated rings. The lowest BCUT2D eigenvalue weighted by atomic mass is 9.75. The van der Waals surface area contributed by atoms with Crippen molar-refractivity contribution < 1.29 is 97.5 Å². The highest BCUT2D eigenvalue weighted by Gasteiger charge is 2.45. The van der Waals surface area contributed by atoms with Crippen LogP contribution in [0.1, 0.15) is 119 Å². The Kier molecular flexibility index (Phi) is 57.1. The maximum Gasteiger partial charge on any atom is 0.373 e. The van der Waals surface area contributed by atoms with E-state index in [9.17, 15) is 9.59 Å². The number of benzene rings is 9. The third-order valence-electron chi connectivity index (χ3n) is 11.5. The molecule has 1 atom stereocenters. The molecule has 0 spiro atoms. The number of aromatic carboxylic acids is 2. The molecule has 0 aliphatic heterocycles. The van der Waals surface area contributed by atoms with Crippen LogP contribution in [0, 0.1) is 0 Å². The summed E-state index contributed by atoms with van der Waals surface area (Å²) in [6.07, 6.45) is 3.31. The molecule has 0 aromatic heterocycles. The SMILES string of the molecule is C.C.C.CC(=O)O.CC(=O)O.CC(=O)O.CC1(C)CC(C)(c2ccc(C(=O)O)cc2)c2ccccc21.O=C(O)c1ccccc1.O=C=O.O=C=O.O=C=O.O=C=O.O=C=O.c1ccc(-c2ccccc2)cc1.c1ccc(Cc2ccccc2)cc1.c1ccc2ccccc2c1. The fourth-order valence-corrected chi connectivity index (χ4v) is 8.27. The quantitative estimate of drug-likeness (QED) is 0.103. The molecule has 5 N–H and O–H groups in total. The predicted molar refractivity (Wildman–Crippen MR) is 354 cm³/mol. The van der Waals surface area contributed by atoms with Crippen molar-refractivity contribution >= 4 is 71.4 Å². The zero-order valence-corrected chi connectivity index (χ0v) is 50.9. The van der Waals surface area contributed by atoms with Crippen molar-refractivity contribution in [2.24, 2.45) is 0 Å². The summed E-state index contributed by atoms with van der Waals surface area (Å²) in [7, 11) is 0. The van der Waals surface area contributed by atoms with Crippen molar-refractivity contribution in [3.05, 3.63) is 288 Å². The summed E-state index contributed by atoms with van der Waals surface area (Å²) in [6, 6.07) is 82.8. The summed E-state index contributed by atoms with van der Waals surface area (Å²) >= 11 is 0. The number of carbonyl (C=O) groups is 5. The Morgan fingerprint density at radius 1 is 0.326 bits per heavy atom. The van der Waals surface area contributed by atoms with Crippen LogP contribution >= 0.6 is 0 Å². The van der Waals surface area contributed by atoms with Crippen LogP contribution in [-0.2, 0) is 79.6 Å². The van der Waals surface area contributed by atoms with E-state index in [1.807, 2.05) is 24.3 Å². The van der Waals surface area contributed by atoms with Gasteiger partial charge in [-0.3, -0.25) is 14.4 Å². The standard InChI is InChI=1S/C19H20O2.C13H12.C12H10.C10H8.C7H6O2.3C2H4O2.5CO2.3CH4/c1-18(2)12-19(3,16-7-5-4-6-15(16)18)14-10-8-13(9-11-14)17(20)21;1-3-7-12(8-4-1)11-13-9-5-2-6-10-13;1-3-7-11(8-4-1)12-9-5-2-6-10-12;1-2-6-10-8-4-3-7-9(10)5-1;8-7(9)6-4-2-1-3-5-6;3*1-2(3)4;5*2-1-3;;;/h4-11H,12H2,1-3H3,(H,20,21);1-10H,11H2;1-10H;1-8H;1-5H,(H,8,9);3*1H3,(H,3,4);;;;;;3*1H4. The van der Waals surface area contributed by atoms with Gasteiger partial charge in [0, 0.05) is 26.2 Å². The molecule has 1 aliphatic carbocycles. The van der Waals surface area contributed by atoms with Crippen LogP contribution in [0.2, 0.25) is 0 Å². The minimum absolute atomic E-state index is 0. The molecular weight excluding hydrogens is 1220 g/mol. The predicted octanol–water partition coefficient (Wildman–Crippen LogP) is 14.5. The molecule has 95 heavy (non-hydrogen) atoms. The molecule has 0 saturated carbocycles. The Morgan fingerprint density at radius 2 is 0.547 bits per heavy atom. The average molecular weight is 1300 g/mol. The molecule has 1 unspecified atom stereocenters. The molecule has 0 amide bonds. The van der Waals surface area contributed by atoms with Gasteiger partial charge < -0.3 is 25.5 Å². The largest absolute Gasteiger partial charge is 0.481 e. The highest BCUT2D eigenvalue weighted by molar-refractivity contribution is 5.88. The Morgan fingerprint density at radius 3 is 0.811 bits per heavy atom. The summed E-state index contributed by atoms with van der Waals surface area (Å²) in [6.45, 7) is 10.1. The number of hydrogen-bond acceptors (Lipinski definition) is 15. The molecule has 9 aromatic carbocycles. The number of aliphatic carboxylic acids is 3. The maximum atomic E-state index is 11.0. The molecule has 20 nitrogen and oxygen atoms in total. The maximum absolute atomic E-state index is 11.0. The summed E-state index contributed by atoms with van der Waals surface area (Å²) in [5, 5.41) is 42.3. The highest BCUT2D eigenvalue weighted by atomic mass is 16.4. The second-order valence-electron chi connectivity index (χ2n) is 18.7. The van der Waals surface area contributed by atoms with Crippen LogP contribution < -0.4 is 0 Å². The monoisotopic (exact) mass is 1300 g/mol. The molecule has 0 saturated heterocycles. The van der Waals surface area contributed by atoms with Gasteiger partial charge in [-0.15, -0.1) is 0 Å². The first-order valence-electron chi connectivity index (χ1n) is 26.7. The molecule has 0 radical (unpaired) electrons. The van der Waals surface area contributed by atoms with Gasteiger partial charge in [-0.2, -0.15) is 47.9 Å². The third-order valence-corrected chi connectivity index (χ3v) is 11.5. The van der Waals surface area contributed by atoms with Crippen LogP contribution in [0.3, 0.4) is 0 Å². The van der Waals surface area contributed by atoms with E-state index in [4.69, 9.17) is 87.9 Å². The Labute approximate surface area is 552 Å². The Balaban J connectivity index is -0.000000240. The van der Waals surface area contributed by atoms with Crippen LogP contribution in [0.25, 0.3) is 21.9 Å². The number of rotatable bonds is 6. The number of fused-ring (bicyclic) bond motifs is 2. The summed E-state index contributed by atoms with van der Waals surface area (Å²) in [5.41, 5.74) is 9.98. The zero-order valence-electron chi connectivity index (χ0n) is 50.9. The molecule has 10 rings (SSSR count). The number of hydrogen-bond donors (Lipinski definition) is 5. The average Bonchev–Trinajstić information content (AvgIpc) is 1.59. The summed E-state index contributed by atoms with van der Waals surface area (Å²) in [5.74, 6) is -4.26. The van der Waals surface area contributed by atoms with E-state index in [1.54, 1.807) is 42.5 Å². The lowest BCUT2D eigenvalue weighted by molar-refractivity contribution is -0.193. The van der Waals surface area contributed by atoms with E-state index in [2.05, 4.69) is 203 Å². The van der Waals surface area contributed by atoms with Gasteiger partial charge in [-0.1, -0.05) is 268 Å². The summed E-state index contributed by atoms with van der Waals surface area (Å²) < 4.78 is 0. The van der Waals surface area contributed by atoms with Gasteiger partial charge in [-0.25, -0.2) is 9.59 Å². The minimum Gasteiger partial charge on any atom is -0.481 e. The lowest BCUT2D eigenvalue weighted by Gasteiger charge is -2.28. The van der Waals surface area contributed by atoms with E-state index in [0.29, 0.717) is 11.1 Å². The molecule has 500 valence electrons. The topological polar surface area (TPSA) is 357 Å². The van der Waals surface area contributed by atoms with E-state index < -0.39 is 29.8 Å². The first-order chi connectivity index (χ1) is 43.8. The van der Waals surface area contributed by atoms with Crippen molar-refractivity contribution in [1.82, 2.24) is 0 Å². The van der Waals surface area contributed by atoms with Gasteiger partial charge in [0.05, 0.1) is 11.1 Å². The number of carboxylic acids is 5. The van der Waals surface area contributed by atoms with Crippen molar-refractivity contribution in [3.63, 3.8) is 0 Å². The molecular formula is C75H80O20.